The van der Waals surface area contributed by atoms with Crippen molar-refractivity contribution in [2.45, 2.75) is 24.8 Å². The standard InChI is InChI=1S/C19H20N2O3S/c1-2-12-24-18-9-10-19(17-8-4-3-7-16(17)18)25(22,23)21-14-15-6-5-11-20-13-15/h3-11,13,21H,2,12,14H2,1H3. The minimum atomic E-state index is -3.66. The molecule has 25 heavy (non-hydrogen) atoms. The average molecular weight is 356 g/mol. The number of sulfonamides is 1. The molecule has 0 saturated heterocycles. The van der Waals surface area contributed by atoms with E-state index in [0.29, 0.717) is 17.7 Å². The van der Waals surface area contributed by atoms with Gasteiger partial charge in [0.15, 0.2) is 0 Å². The number of ether oxygens (including phenoxy) is 1. The molecule has 0 saturated carbocycles. The Balaban J connectivity index is 1.94. The van der Waals surface area contributed by atoms with Crippen LogP contribution in [0, 0.1) is 0 Å². The molecule has 1 heterocycles. The molecule has 3 rings (SSSR count). The maximum Gasteiger partial charge on any atom is 0.241 e. The van der Waals surface area contributed by atoms with Gasteiger partial charge >= 0.3 is 0 Å². The molecule has 0 radical (unpaired) electrons. The zero-order valence-electron chi connectivity index (χ0n) is 14.0. The van der Waals surface area contributed by atoms with Crippen LogP contribution < -0.4 is 9.46 Å². The van der Waals surface area contributed by atoms with Gasteiger partial charge in [-0.1, -0.05) is 37.3 Å². The molecule has 0 aliphatic carbocycles. The van der Waals surface area contributed by atoms with Crippen molar-refractivity contribution in [1.82, 2.24) is 9.71 Å². The largest absolute Gasteiger partial charge is 0.493 e. The van der Waals surface area contributed by atoms with Crippen molar-refractivity contribution in [2.75, 3.05) is 6.61 Å². The zero-order valence-corrected chi connectivity index (χ0v) is 14.8. The van der Waals surface area contributed by atoms with E-state index in [2.05, 4.69) is 9.71 Å². The van der Waals surface area contributed by atoms with Gasteiger partial charge in [-0.15, -0.1) is 0 Å². The lowest BCUT2D eigenvalue weighted by Crippen LogP contribution is -2.23. The first-order valence-corrected chi connectivity index (χ1v) is 9.63. The number of nitrogens with zero attached hydrogens (tertiary/aromatic N) is 1. The van der Waals surface area contributed by atoms with Crippen LogP contribution >= 0.6 is 0 Å². The van der Waals surface area contributed by atoms with E-state index in [1.807, 2.05) is 31.2 Å². The number of fused-ring (bicyclic) bond motifs is 1. The average Bonchev–Trinajstić information content (AvgIpc) is 2.65. The van der Waals surface area contributed by atoms with Crippen molar-refractivity contribution >= 4 is 20.8 Å². The van der Waals surface area contributed by atoms with Crippen LogP contribution in [0.2, 0.25) is 0 Å². The molecule has 130 valence electrons. The molecule has 3 aromatic rings. The van der Waals surface area contributed by atoms with Crippen LogP contribution in [-0.4, -0.2) is 20.0 Å². The van der Waals surface area contributed by atoms with Gasteiger partial charge in [0.2, 0.25) is 10.0 Å². The summed E-state index contributed by atoms with van der Waals surface area (Å²) >= 11 is 0. The summed E-state index contributed by atoms with van der Waals surface area (Å²) in [5, 5.41) is 1.44. The monoisotopic (exact) mass is 356 g/mol. The molecule has 6 heteroatoms. The lowest BCUT2D eigenvalue weighted by molar-refractivity contribution is 0.321. The molecule has 0 spiro atoms. The smallest absolute Gasteiger partial charge is 0.241 e. The first-order chi connectivity index (χ1) is 12.1. The Morgan fingerprint density at radius 3 is 2.56 bits per heavy atom. The number of hydrogen-bond acceptors (Lipinski definition) is 4. The van der Waals surface area contributed by atoms with E-state index in [1.165, 1.54) is 0 Å². The van der Waals surface area contributed by atoms with Gasteiger partial charge in [-0.25, -0.2) is 13.1 Å². The highest BCUT2D eigenvalue weighted by Crippen LogP contribution is 2.31. The molecule has 2 aromatic carbocycles. The third kappa shape index (κ3) is 3.97. The van der Waals surface area contributed by atoms with Gasteiger partial charge in [-0.05, 0) is 30.2 Å². The number of benzene rings is 2. The number of pyridine rings is 1. The molecule has 0 bridgehead atoms. The van der Waals surface area contributed by atoms with Gasteiger partial charge < -0.3 is 4.74 Å². The second kappa shape index (κ2) is 7.63. The quantitative estimate of drug-likeness (QED) is 0.703. The lowest BCUT2D eigenvalue weighted by atomic mass is 10.1. The number of aromatic nitrogens is 1. The Morgan fingerprint density at radius 2 is 1.84 bits per heavy atom. The second-order valence-electron chi connectivity index (χ2n) is 5.64. The van der Waals surface area contributed by atoms with Crippen molar-refractivity contribution in [3.63, 3.8) is 0 Å². The fourth-order valence-corrected chi connectivity index (χ4v) is 3.80. The number of rotatable bonds is 7. The third-order valence-electron chi connectivity index (χ3n) is 3.78. The van der Waals surface area contributed by atoms with Crippen molar-refractivity contribution in [3.05, 3.63) is 66.5 Å². The fraction of sp³-hybridized carbons (Fsp3) is 0.211. The van der Waals surface area contributed by atoms with E-state index in [4.69, 9.17) is 4.74 Å². The third-order valence-corrected chi connectivity index (χ3v) is 5.24. The molecule has 1 N–H and O–H groups in total. The summed E-state index contributed by atoms with van der Waals surface area (Å²) in [6, 6.07) is 14.3. The first kappa shape index (κ1) is 17.4. The van der Waals surface area contributed by atoms with Crippen molar-refractivity contribution in [3.8, 4) is 5.75 Å². The Kier molecular flexibility index (Phi) is 5.31. The van der Waals surface area contributed by atoms with E-state index < -0.39 is 10.0 Å². The van der Waals surface area contributed by atoms with Gasteiger partial charge in [0.1, 0.15) is 5.75 Å². The van der Waals surface area contributed by atoms with E-state index in [9.17, 15) is 8.42 Å². The maximum atomic E-state index is 12.8. The van der Waals surface area contributed by atoms with Crippen molar-refractivity contribution < 1.29 is 13.2 Å². The summed E-state index contributed by atoms with van der Waals surface area (Å²) < 4.78 is 33.9. The predicted octanol–water partition coefficient (Wildman–Crippen LogP) is 3.50. The summed E-state index contributed by atoms with van der Waals surface area (Å²) in [6.07, 6.45) is 4.18. The van der Waals surface area contributed by atoms with Crippen molar-refractivity contribution in [2.24, 2.45) is 0 Å². The van der Waals surface area contributed by atoms with Crippen LogP contribution in [0.1, 0.15) is 18.9 Å². The highest BCUT2D eigenvalue weighted by atomic mass is 32.2. The molecule has 1 aromatic heterocycles. The summed E-state index contributed by atoms with van der Waals surface area (Å²) in [5.74, 6) is 0.698. The summed E-state index contributed by atoms with van der Waals surface area (Å²) in [6.45, 7) is 2.82. The van der Waals surface area contributed by atoms with Crippen LogP contribution in [0.15, 0.2) is 65.8 Å². The molecule has 0 aliphatic rings. The Morgan fingerprint density at radius 1 is 1.04 bits per heavy atom. The van der Waals surface area contributed by atoms with E-state index in [-0.39, 0.29) is 11.4 Å². The minimum absolute atomic E-state index is 0.193. The van der Waals surface area contributed by atoms with Gasteiger partial charge in [-0.3, -0.25) is 4.98 Å². The van der Waals surface area contributed by atoms with E-state index in [0.717, 1.165) is 17.4 Å². The fourth-order valence-electron chi connectivity index (χ4n) is 2.57. The Hall–Kier alpha value is -2.44. The van der Waals surface area contributed by atoms with Crippen molar-refractivity contribution in [1.29, 1.82) is 0 Å². The van der Waals surface area contributed by atoms with E-state index >= 15 is 0 Å². The summed E-state index contributed by atoms with van der Waals surface area (Å²) in [4.78, 5) is 4.24. The zero-order chi connectivity index (χ0) is 17.7. The number of hydrogen-bond donors (Lipinski definition) is 1. The van der Waals surface area contributed by atoms with E-state index in [1.54, 1.807) is 36.7 Å². The SMILES string of the molecule is CCCOc1ccc(S(=O)(=O)NCc2cccnc2)c2ccccc12. The first-order valence-electron chi connectivity index (χ1n) is 8.15. The van der Waals surface area contributed by atoms with Crippen LogP contribution in [0.5, 0.6) is 5.75 Å². The minimum Gasteiger partial charge on any atom is -0.493 e. The predicted molar refractivity (Wildman–Crippen MR) is 98.0 cm³/mol. The molecular weight excluding hydrogens is 336 g/mol. The number of nitrogens with one attached hydrogen (secondary N) is 1. The van der Waals surface area contributed by atoms with Gasteiger partial charge in [0, 0.05) is 29.7 Å². The topological polar surface area (TPSA) is 68.3 Å². The molecule has 0 atom stereocenters. The summed E-state index contributed by atoms with van der Waals surface area (Å²) in [5.41, 5.74) is 0.804. The molecule has 0 aliphatic heterocycles. The van der Waals surface area contributed by atoms with Crippen LogP contribution in [0.3, 0.4) is 0 Å². The van der Waals surface area contributed by atoms with Crippen LogP contribution in [0.4, 0.5) is 0 Å². The molecule has 0 unspecified atom stereocenters. The molecule has 0 amide bonds. The van der Waals surface area contributed by atoms with Crippen LogP contribution in [-0.2, 0) is 16.6 Å². The normalized spacial score (nSPS) is 11.6. The lowest BCUT2D eigenvalue weighted by Gasteiger charge is -2.13. The maximum absolute atomic E-state index is 12.8. The van der Waals surface area contributed by atoms with Gasteiger partial charge in [0.25, 0.3) is 0 Å². The highest BCUT2D eigenvalue weighted by molar-refractivity contribution is 7.89. The molecule has 0 fully saturated rings. The van der Waals surface area contributed by atoms with Crippen LogP contribution in [0.25, 0.3) is 10.8 Å². The Bertz CT molecular complexity index is 957. The second-order valence-corrected chi connectivity index (χ2v) is 7.38. The highest BCUT2D eigenvalue weighted by Gasteiger charge is 2.18. The molecular formula is C19H20N2O3S. The van der Waals surface area contributed by atoms with Gasteiger partial charge in [0.05, 0.1) is 11.5 Å². The van der Waals surface area contributed by atoms with Gasteiger partial charge in [-0.2, -0.15) is 0 Å². The molecule has 5 nitrogen and oxygen atoms in total. The Labute approximate surface area is 147 Å². The summed E-state index contributed by atoms with van der Waals surface area (Å²) in [7, 11) is -3.66.